The van der Waals surface area contributed by atoms with Crippen LogP contribution in [-0.4, -0.2) is 30.3 Å². The van der Waals surface area contributed by atoms with E-state index in [-0.39, 0.29) is 5.41 Å². The molecule has 0 radical (unpaired) electrons. The summed E-state index contributed by atoms with van der Waals surface area (Å²) in [5.41, 5.74) is 0.338. The Morgan fingerprint density at radius 3 is 2.25 bits per heavy atom. The molecule has 1 heterocycles. The van der Waals surface area contributed by atoms with Crippen LogP contribution >= 0.6 is 0 Å². The summed E-state index contributed by atoms with van der Waals surface area (Å²) in [7, 11) is 0. The van der Waals surface area contributed by atoms with E-state index >= 15 is 0 Å². The number of carbonyl (C=O) groups is 1. The molecule has 0 atom stereocenters. The molecule has 16 heavy (non-hydrogen) atoms. The topological polar surface area (TPSA) is 20.3 Å². The zero-order valence-electron chi connectivity index (χ0n) is 11.6. The second kappa shape index (κ2) is 4.87. The average molecular weight is 225 g/mol. The van der Waals surface area contributed by atoms with Crippen LogP contribution in [0, 0.1) is 10.8 Å². The molecule has 2 nitrogen and oxygen atoms in total. The quantitative estimate of drug-likeness (QED) is 0.716. The van der Waals surface area contributed by atoms with Gasteiger partial charge in [-0.3, -0.25) is 4.79 Å². The first-order valence-corrected chi connectivity index (χ1v) is 6.58. The molecule has 0 unspecified atom stereocenters. The number of Topliss-reactive ketones (excluding diaryl/α,β-unsaturated/α-hetero) is 1. The van der Waals surface area contributed by atoms with E-state index in [1.54, 1.807) is 6.92 Å². The van der Waals surface area contributed by atoms with Gasteiger partial charge in [-0.2, -0.15) is 0 Å². The fraction of sp³-hybridized carbons (Fsp3) is 0.929. The summed E-state index contributed by atoms with van der Waals surface area (Å²) in [5.74, 6) is 0.304. The molecule has 0 spiro atoms. The van der Waals surface area contributed by atoms with Gasteiger partial charge < -0.3 is 4.90 Å². The lowest BCUT2D eigenvalue weighted by molar-refractivity contribution is -0.125. The van der Waals surface area contributed by atoms with Crippen molar-refractivity contribution in [3.63, 3.8) is 0 Å². The van der Waals surface area contributed by atoms with E-state index in [0.29, 0.717) is 11.2 Å². The minimum atomic E-state index is -0.183. The van der Waals surface area contributed by atoms with Crippen LogP contribution in [0.1, 0.15) is 53.9 Å². The minimum Gasteiger partial charge on any atom is -0.302 e. The molecule has 0 saturated carbocycles. The first-order chi connectivity index (χ1) is 7.35. The van der Waals surface area contributed by atoms with E-state index in [4.69, 9.17) is 0 Å². The largest absolute Gasteiger partial charge is 0.302 e. The third kappa shape index (κ3) is 2.85. The molecule has 1 fully saturated rings. The van der Waals surface area contributed by atoms with Crippen LogP contribution in [0.3, 0.4) is 0 Å². The molecule has 94 valence electrons. The van der Waals surface area contributed by atoms with Gasteiger partial charge in [0.05, 0.1) is 0 Å². The van der Waals surface area contributed by atoms with Gasteiger partial charge >= 0.3 is 0 Å². The third-order valence-corrected chi connectivity index (χ3v) is 4.59. The van der Waals surface area contributed by atoms with Gasteiger partial charge in [-0.1, -0.05) is 27.7 Å². The van der Waals surface area contributed by atoms with Gasteiger partial charge in [-0.15, -0.1) is 0 Å². The van der Waals surface area contributed by atoms with Gasteiger partial charge in [0, 0.05) is 18.5 Å². The summed E-state index contributed by atoms with van der Waals surface area (Å²) in [6.07, 6.45) is 3.83. The van der Waals surface area contributed by atoms with Crippen LogP contribution in [0.25, 0.3) is 0 Å². The lowest BCUT2D eigenvalue weighted by Crippen LogP contribution is -2.38. The second-order valence-electron chi connectivity index (χ2n) is 6.11. The molecule has 0 amide bonds. The number of carbonyl (C=O) groups excluding carboxylic acids is 1. The van der Waals surface area contributed by atoms with Crippen molar-refractivity contribution in [1.29, 1.82) is 0 Å². The Morgan fingerprint density at radius 1 is 1.31 bits per heavy atom. The standard InChI is InChI=1S/C14H27NO/c1-6-14(7-2)8-9-15(11-14)10-13(4,5)12(3)16/h6-11H2,1-5H3. The van der Waals surface area contributed by atoms with Crippen molar-refractivity contribution in [3.05, 3.63) is 0 Å². The zero-order chi connectivity index (χ0) is 12.4. The summed E-state index contributed by atoms with van der Waals surface area (Å²) in [6, 6.07) is 0. The molecule has 1 rings (SSSR count). The van der Waals surface area contributed by atoms with Crippen molar-refractivity contribution >= 4 is 5.78 Å². The molecule has 0 N–H and O–H groups in total. The summed E-state index contributed by atoms with van der Waals surface area (Å²) in [4.78, 5) is 14.0. The number of hydrogen-bond donors (Lipinski definition) is 0. The van der Waals surface area contributed by atoms with E-state index in [0.717, 1.165) is 6.54 Å². The maximum atomic E-state index is 11.5. The van der Waals surface area contributed by atoms with E-state index < -0.39 is 0 Å². The van der Waals surface area contributed by atoms with E-state index in [9.17, 15) is 4.79 Å². The van der Waals surface area contributed by atoms with Crippen molar-refractivity contribution in [1.82, 2.24) is 4.90 Å². The molecular formula is C14H27NO. The number of nitrogens with zero attached hydrogens (tertiary/aromatic N) is 1. The van der Waals surface area contributed by atoms with E-state index in [1.807, 2.05) is 0 Å². The Hall–Kier alpha value is -0.370. The fourth-order valence-electron chi connectivity index (χ4n) is 2.66. The van der Waals surface area contributed by atoms with Crippen LogP contribution in [-0.2, 0) is 4.79 Å². The normalized spacial score (nSPS) is 21.3. The zero-order valence-corrected chi connectivity index (χ0v) is 11.6. The number of hydrogen-bond acceptors (Lipinski definition) is 2. The van der Waals surface area contributed by atoms with Gasteiger partial charge in [0.15, 0.2) is 0 Å². The maximum Gasteiger partial charge on any atom is 0.136 e. The molecule has 1 saturated heterocycles. The lowest BCUT2D eigenvalue weighted by atomic mass is 9.81. The van der Waals surface area contributed by atoms with Gasteiger partial charge in [0.1, 0.15) is 5.78 Å². The van der Waals surface area contributed by atoms with Crippen molar-refractivity contribution in [2.24, 2.45) is 10.8 Å². The molecule has 1 aliphatic heterocycles. The highest BCUT2D eigenvalue weighted by Gasteiger charge is 2.37. The molecular weight excluding hydrogens is 198 g/mol. The Labute approximate surface area is 100 Å². The fourth-order valence-corrected chi connectivity index (χ4v) is 2.66. The van der Waals surface area contributed by atoms with Crippen molar-refractivity contribution in [3.8, 4) is 0 Å². The Balaban J connectivity index is 2.57. The number of likely N-dealkylation sites (tertiary alicyclic amines) is 1. The highest BCUT2D eigenvalue weighted by atomic mass is 16.1. The molecule has 0 bridgehead atoms. The average Bonchev–Trinajstić information content (AvgIpc) is 2.61. The molecule has 0 aromatic carbocycles. The van der Waals surface area contributed by atoms with Crippen LogP contribution in [0.2, 0.25) is 0 Å². The predicted molar refractivity (Wildman–Crippen MR) is 68.5 cm³/mol. The second-order valence-corrected chi connectivity index (χ2v) is 6.11. The Morgan fingerprint density at radius 2 is 1.88 bits per heavy atom. The monoisotopic (exact) mass is 225 g/mol. The summed E-state index contributed by atoms with van der Waals surface area (Å²) in [6.45, 7) is 13.7. The minimum absolute atomic E-state index is 0.183. The SMILES string of the molecule is CCC1(CC)CCN(CC(C)(C)C(C)=O)C1. The van der Waals surface area contributed by atoms with Gasteiger partial charge in [-0.25, -0.2) is 0 Å². The smallest absolute Gasteiger partial charge is 0.136 e. The molecule has 0 aliphatic carbocycles. The van der Waals surface area contributed by atoms with Gasteiger partial charge in [-0.05, 0) is 38.1 Å². The summed E-state index contributed by atoms with van der Waals surface area (Å²) < 4.78 is 0. The van der Waals surface area contributed by atoms with Crippen LogP contribution in [0.4, 0.5) is 0 Å². The van der Waals surface area contributed by atoms with Gasteiger partial charge in [0.25, 0.3) is 0 Å². The van der Waals surface area contributed by atoms with Crippen molar-refractivity contribution in [2.45, 2.75) is 53.9 Å². The van der Waals surface area contributed by atoms with Crippen molar-refractivity contribution < 1.29 is 4.79 Å². The highest BCUT2D eigenvalue weighted by Crippen LogP contribution is 2.38. The molecule has 1 aliphatic rings. The van der Waals surface area contributed by atoms with E-state index in [2.05, 4.69) is 32.6 Å². The lowest BCUT2D eigenvalue weighted by Gasteiger charge is -2.30. The van der Waals surface area contributed by atoms with Crippen molar-refractivity contribution in [2.75, 3.05) is 19.6 Å². The predicted octanol–water partition coefficient (Wildman–Crippen LogP) is 3.11. The molecule has 2 heteroatoms. The highest BCUT2D eigenvalue weighted by molar-refractivity contribution is 5.81. The van der Waals surface area contributed by atoms with E-state index in [1.165, 1.54) is 32.4 Å². The summed E-state index contributed by atoms with van der Waals surface area (Å²) >= 11 is 0. The molecule has 0 aromatic rings. The van der Waals surface area contributed by atoms with Crippen LogP contribution < -0.4 is 0 Å². The first-order valence-electron chi connectivity index (χ1n) is 6.58. The maximum absolute atomic E-state index is 11.5. The first kappa shape index (κ1) is 13.7. The van der Waals surface area contributed by atoms with Crippen LogP contribution in [0.15, 0.2) is 0 Å². The Bertz CT molecular complexity index is 253. The molecule has 0 aromatic heterocycles. The summed E-state index contributed by atoms with van der Waals surface area (Å²) in [5, 5.41) is 0. The van der Waals surface area contributed by atoms with Gasteiger partial charge in [0.2, 0.25) is 0 Å². The third-order valence-electron chi connectivity index (χ3n) is 4.59. The number of ketones is 1. The van der Waals surface area contributed by atoms with Crippen LogP contribution in [0.5, 0.6) is 0 Å². The Kier molecular flexibility index (Phi) is 4.17. The number of rotatable bonds is 5.